The highest BCUT2D eigenvalue weighted by atomic mass is 79.9. The molecule has 0 aromatic heterocycles. The minimum Gasteiger partial charge on any atom is -0.301 e. The van der Waals surface area contributed by atoms with Crippen molar-refractivity contribution in [2.45, 2.75) is 44.5 Å². The molecular weight excluding hydrogens is 281 g/mol. The van der Waals surface area contributed by atoms with E-state index in [1.54, 1.807) is 0 Å². The lowest BCUT2D eigenvalue weighted by molar-refractivity contribution is 0.0790. The first-order chi connectivity index (χ1) is 6.08. The molecule has 0 aliphatic carbocycles. The highest BCUT2D eigenvalue weighted by Crippen LogP contribution is 2.66. The van der Waals surface area contributed by atoms with Crippen LogP contribution in [-0.4, -0.2) is 16.8 Å². The van der Waals surface area contributed by atoms with Crippen LogP contribution in [0.1, 0.15) is 27.7 Å². The van der Waals surface area contributed by atoms with E-state index >= 15 is 0 Å². The Balaban J connectivity index is 4.78. The Morgan fingerprint density at radius 2 is 1.43 bits per heavy atom. The van der Waals surface area contributed by atoms with Gasteiger partial charge in [-0.25, -0.2) is 0 Å². The average molecular weight is 295 g/mol. The lowest BCUT2D eigenvalue weighted by atomic mass is 10.5. The van der Waals surface area contributed by atoms with Gasteiger partial charge in [0.2, 0.25) is 0 Å². The molecule has 86 valence electrons. The van der Waals surface area contributed by atoms with Crippen LogP contribution in [0.3, 0.4) is 0 Å². The van der Waals surface area contributed by atoms with Gasteiger partial charge in [0.1, 0.15) is 0 Å². The van der Waals surface area contributed by atoms with Crippen molar-refractivity contribution in [2.24, 2.45) is 0 Å². The molecule has 0 fully saturated rings. The second kappa shape index (κ2) is 5.01. The van der Waals surface area contributed by atoms with Gasteiger partial charge in [-0.05, 0) is 27.7 Å². The summed E-state index contributed by atoms with van der Waals surface area (Å²) in [5, 5.41) is 0. The molecular formula is C7H14BrF2O3P. The predicted molar refractivity (Wildman–Crippen MR) is 53.9 cm³/mol. The molecule has 0 aromatic carbocycles. The maximum absolute atomic E-state index is 12.9. The quantitative estimate of drug-likeness (QED) is 0.568. The van der Waals surface area contributed by atoms with Crippen LogP contribution < -0.4 is 0 Å². The van der Waals surface area contributed by atoms with Gasteiger partial charge >= 0.3 is 12.2 Å². The Labute approximate surface area is 90.8 Å². The number of rotatable bonds is 5. The maximum atomic E-state index is 12.9. The molecule has 0 saturated carbocycles. The fourth-order valence-electron chi connectivity index (χ4n) is 0.699. The normalized spacial score (nSPS) is 14.1. The van der Waals surface area contributed by atoms with E-state index in [9.17, 15) is 13.3 Å². The second-order valence-corrected chi connectivity index (χ2v) is 6.86. The number of hydrogen-bond donors (Lipinski definition) is 0. The van der Waals surface area contributed by atoms with Gasteiger partial charge in [-0.3, -0.25) is 4.57 Å². The molecule has 0 atom stereocenters. The van der Waals surface area contributed by atoms with Crippen molar-refractivity contribution in [3.05, 3.63) is 0 Å². The van der Waals surface area contributed by atoms with Gasteiger partial charge in [0.15, 0.2) is 0 Å². The molecule has 0 unspecified atom stereocenters. The minimum absolute atomic E-state index is 0.594. The topological polar surface area (TPSA) is 35.5 Å². The van der Waals surface area contributed by atoms with Crippen LogP contribution in [0.4, 0.5) is 8.78 Å². The molecule has 0 N–H and O–H groups in total. The second-order valence-electron chi connectivity index (χ2n) is 3.27. The molecule has 14 heavy (non-hydrogen) atoms. The van der Waals surface area contributed by atoms with Crippen molar-refractivity contribution in [3.63, 3.8) is 0 Å². The monoisotopic (exact) mass is 294 g/mol. The fourth-order valence-corrected chi connectivity index (χ4v) is 2.60. The van der Waals surface area contributed by atoms with Gasteiger partial charge in [0.25, 0.3) is 0 Å². The Morgan fingerprint density at radius 3 is 1.57 bits per heavy atom. The molecule has 0 amide bonds. The third-order valence-electron chi connectivity index (χ3n) is 1.01. The molecule has 7 heteroatoms. The number of alkyl halides is 3. The van der Waals surface area contributed by atoms with Crippen molar-refractivity contribution < 1.29 is 22.4 Å². The van der Waals surface area contributed by atoms with Crippen LogP contribution in [-0.2, 0) is 13.6 Å². The van der Waals surface area contributed by atoms with Crippen LogP contribution in [0.5, 0.6) is 0 Å². The Kier molecular flexibility index (Phi) is 5.19. The van der Waals surface area contributed by atoms with Crippen molar-refractivity contribution in [2.75, 3.05) is 0 Å². The molecule has 0 bridgehead atoms. The smallest absolute Gasteiger partial charge is 0.301 e. The van der Waals surface area contributed by atoms with Gasteiger partial charge in [-0.2, -0.15) is 8.78 Å². The van der Waals surface area contributed by atoms with Crippen molar-refractivity contribution in [1.82, 2.24) is 0 Å². The van der Waals surface area contributed by atoms with Crippen LogP contribution in [0, 0.1) is 0 Å². The first-order valence-electron chi connectivity index (χ1n) is 4.12. The van der Waals surface area contributed by atoms with Crippen LogP contribution in [0.2, 0.25) is 0 Å². The van der Waals surface area contributed by atoms with Crippen molar-refractivity contribution in [1.29, 1.82) is 0 Å². The summed E-state index contributed by atoms with van der Waals surface area (Å²) in [7, 11) is -4.43. The molecule has 0 saturated heterocycles. The zero-order valence-electron chi connectivity index (χ0n) is 8.46. The Morgan fingerprint density at radius 1 is 1.14 bits per heavy atom. The summed E-state index contributed by atoms with van der Waals surface area (Å²) in [6.45, 7) is 6.04. The van der Waals surface area contributed by atoms with Gasteiger partial charge < -0.3 is 9.05 Å². The molecule has 0 heterocycles. The predicted octanol–water partition coefficient (Wildman–Crippen LogP) is 3.97. The molecule has 0 rings (SSSR count). The zero-order valence-corrected chi connectivity index (χ0v) is 10.9. The van der Waals surface area contributed by atoms with Crippen molar-refractivity contribution in [3.8, 4) is 0 Å². The molecule has 0 aliphatic rings. The van der Waals surface area contributed by atoms with E-state index in [4.69, 9.17) is 0 Å². The Hall–Kier alpha value is 0.490. The largest absolute Gasteiger partial charge is 0.411 e. The zero-order chi connectivity index (χ0) is 11.6. The van der Waals surface area contributed by atoms with E-state index < -0.39 is 24.4 Å². The average Bonchev–Trinajstić information content (AvgIpc) is 1.78. The summed E-state index contributed by atoms with van der Waals surface area (Å²) in [6, 6.07) is 0. The highest BCUT2D eigenvalue weighted by Gasteiger charge is 2.52. The molecule has 0 aliphatic heterocycles. The van der Waals surface area contributed by atoms with E-state index in [1.165, 1.54) is 27.7 Å². The van der Waals surface area contributed by atoms with Gasteiger partial charge in [0, 0.05) is 15.9 Å². The molecule has 0 radical (unpaired) electrons. The lowest BCUT2D eigenvalue weighted by Crippen LogP contribution is -2.18. The van der Waals surface area contributed by atoms with E-state index in [-0.39, 0.29) is 0 Å². The Bertz CT molecular complexity index is 213. The van der Waals surface area contributed by atoms with Crippen LogP contribution >= 0.6 is 23.5 Å². The number of hydrogen-bond acceptors (Lipinski definition) is 3. The molecule has 0 spiro atoms. The standard InChI is InChI=1S/C7H14BrF2O3P/c1-5(2)12-14(11,7(8,9)10)13-6(3)4/h5-6H,1-4H3. The van der Waals surface area contributed by atoms with Gasteiger partial charge in [0.05, 0.1) is 12.2 Å². The van der Waals surface area contributed by atoms with Crippen LogP contribution in [0.25, 0.3) is 0 Å². The first kappa shape index (κ1) is 14.5. The van der Waals surface area contributed by atoms with Crippen LogP contribution in [0.15, 0.2) is 0 Å². The highest BCUT2D eigenvalue weighted by molar-refractivity contribution is 9.11. The summed E-state index contributed by atoms with van der Waals surface area (Å²) < 4.78 is 43.0. The molecule has 0 aromatic rings. The van der Waals surface area contributed by atoms with E-state index in [0.29, 0.717) is 0 Å². The molecule has 3 nitrogen and oxygen atoms in total. The SMILES string of the molecule is CC(C)OP(=O)(OC(C)C)C(F)(F)Br. The van der Waals surface area contributed by atoms with Gasteiger partial charge in [-0.1, -0.05) is 0 Å². The summed E-state index contributed by atoms with van der Waals surface area (Å²) in [4.78, 5) is 0. The third kappa shape index (κ3) is 4.34. The number of halogens is 3. The fraction of sp³-hybridized carbons (Fsp3) is 1.00. The van der Waals surface area contributed by atoms with E-state index in [2.05, 4.69) is 9.05 Å². The first-order valence-corrected chi connectivity index (χ1v) is 6.45. The van der Waals surface area contributed by atoms with E-state index in [0.717, 1.165) is 0 Å². The van der Waals surface area contributed by atoms with Crippen molar-refractivity contribution >= 4 is 23.5 Å². The van der Waals surface area contributed by atoms with Gasteiger partial charge in [-0.15, -0.1) is 0 Å². The summed E-state index contributed by atoms with van der Waals surface area (Å²) in [5.74, 6) is 0. The third-order valence-corrected chi connectivity index (χ3v) is 4.33. The minimum atomic E-state index is -4.43. The summed E-state index contributed by atoms with van der Waals surface area (Å²) >= 11 is 2.01. The summed E-state index contributed by atoms with van der Waals surface area (Å²) in [5.41, 5.74) is 0. The maximum Gasteiger partial charge on any atom is 0.411 e. The summed E-state index contributed by atoms with van der Waals surface area (Å²) in [6.07, 6.45) is -1.19. The van der Waals surface area contributed by atoms with E-state index in [1.807, 2.05) is 15.9 Å². The lowest BCUT2D eigenvalue weighted by Gasteiger charge is -2.25.